The van der Waals surface area contributed by atoms with Gasteiger partial charge in [0.15, 0.2) is 0 Å². The van der Waals surface area contributed by atoms with Gasteiger partial charge in [0.25, 0.3) is 0 Å². The molecule has 0 bridgehead atoms. The third-order valence-electron chi connectivity index (χ3n) is 1.97. The highest BCUT2D eigenvalue weighted by molar-refractivity contribution is 5.34. The summed E-state index contributed by atoms with van der Waals surface area (Å²) in [6.07, 6.45) is 1.46. The van der Waals surface area contributed by atoms with E-state index in [4.69, 9.17) is 0 Å². The zero-order valence-electron chi connectivity index (χ0n) is 8.25. The van der Waals surface area contributed by atoms with Crippen molar-refractivity contribution in [3.05, 3.63) is 35.4 Å². The lowest BCUT2D eigenvalue weighted by molar-refractivity contribution is 0.221. The molecule has 1 aromatic rings. The Bertz CT molecular complexity index is 345. The molecule has 2 nitrogen and oxygen atoms in total. The highest BCUT2D eigenvalue weighted by Crippen LogP contribution is 2.24. The van der Waals surface area contributed by atoms with Gasteiger partial charge in [-0.15, -0.1) is 0 Å². The van der Waals surface area contributed by atoms with Crippen LogP contribution in [-0.4, -0.2) is 6.08 Å². The minimum Gasteiger partial charge on any atom is -0.239 e. The highest BCUT2D eigenvalue weighted by atomic mass is 19.1. The minimum absolute atomic E-state index is 0.302. The number of hydrogen-bond acceptors (Lipinski definition) is 2. The van der Waals surface area contributed by atoms with Crippen molar-refractivity contribution in [1.82, 2.24) is 0 Å². The van der Waals surface area contributed by atoms with E-state index in [0.717, 1.165) is 5.56 Å². The molecule has 0 saturated carbocycles. The predicted octanol–water partition coefficient (Wildman–Crippen LogP) is 2.73. The van der Waals surface area contributed by atoms with Crippen molar-refractivity contribution in [3.63, 3.8) is 0 Å². The van der Waals surface area contributed by atoms with Gasteiger partial charge in [-0.2, -0.15) is 0 Å². The van der Waals surface area contributed by atoms with Crippen molar-refractivity contribution < 1.29 is 9.18 Å². The molecule has 0 aliphatic heterocycles. The maximum Gasteiger partial charge on any atom is 0.235 e. The molecule has 0 unspecified atom stereocenters. The van der Waals surface area contributed by atoms with E-state index >= 15 is 0 Å². The van der Waals surface area contributed by atoms with Crippen molar-refractivity contribution in [1.29, 1.82) is 0 Å². The quantitative estimate of drug-likeness (QED) is 0.536. The van der Waals surface area contributed by atoms with E-state index < -0.39 is 5.67 Å². The van der Waals surface area contributed by atoms with Gasteiger partial charge in [0, 0.05) is 0 Å². The molecule has 0 saturated heterocycles. The average molecular weight is 193 g/mol. The molecule has 1 aromatic carbocycles. The first-order valence-corrected chi connectivity index (χ1v) is 4.36. The van der Waals surface area contributed by atoms with Crippen molar-refractivity contribution in [2.45, 2.75) is 26.1 Å². The summed E-state index contributed by atoms with van der Waals surface area (Å²) >= 11 is 0. The van der Waals surface area contributed by atoms with Crippen LogP contribution in [0.2, 0.25) is 0 Å². The van der Waals surface area contributed by atoms with E-state index in [1.165, 1.54) is 19.9 Å². The fourth-order valence-electron chi connectivity index (χ4n) is 1.13. The Kier molecular flexibility index (Phi) is 3.15. The van der Waals surface area contributed by atoms with E-state index in [1.807, 2.05) is 0 Å². The van der Waals surface area contributed by atoms with E-state index in [0.29, 0.717) is 12.1 Å². The summed E-state index contributed by atoms with van der Waals surface area (Å²) in [5.41, 5.74) is 0.171. The lowest BCUT2D eigenvalue weighted by Gasteiger charge is -2.14. The van der Waals surface area contributed by atoms with Gasteiger partial charge >= 0.3 is 0 Å². The Hall–Kier alpha value is -1.47. The number of isocyanates is 1. The Morgan fingerprint density at radius 2 is 1.93 bits per heavy atom. The Morgan fingerprint density at radius 3 is 2.36 bits per heavy atom. The smallest absolute Gasteiger partial charge is 0.235 e. The largest absolute Gasteiger partial charge is 0.239 e. The summed E-state index contributed by atoms with van der Waals surface area (Å²) in [5, 5.41) is 0. The molecule has 0 aliphatic carbocycles. The monoisotopic (exact) mass is 193 g/mol. The third-order valence-corrected chi connectivity index (χ3v) is 1.97. The van der Waals surface area contributed by atoms with Crippen LogP contribution in [0.25, 0.3) is 0 Å². The van der Waals surface area contributed by atoms with Gasteiger partial charge < -0.3 is 0 Å². The lowest BCUT2D eigenvalue weighted by Crippen LogP contribution is -2.08. The van der Waals surface area contributed by atoms with Crippen molar-refractivity contribution >= 4 is 6.08 Å². The lowest BCUT2D eigenvalue weighted by atomic mass is 9.99. The summed E-state index contributed by atoms with van der Waals surface area (Å²) in [5.74, 6) is 0. The Balaban J connectivity index is 2.83. The van der Waals surface area contributed by atoms with Crippen LogP contribution in [0.5, 0.6) is 0 Å². The first-order valence-electron chi connectivity index (χ1n) is 4.36. The van der Waals surface area contributed by atoms with Crippen LogP contribution in [0.4, 0.5) is 4.39 Å². The summed E-state index contributed by atoms with van der Waals surface area (Å²) in [6, 6.07) is 6.93. The SMILES string of the molecule is CC(C)(F)c1ccc(CN=C=O)cc1. The van der Waals surface area contributed by atoms with Crippen LogP contribution in [0.3, 0.4) is 0 Å². The number of nitrogens with zero attached hydrogens (tertiary/aromatic N) is 1. The second-order valence-corrected chi connectivity index (χ2v) is 3.58. The molecule has 1 rings (SSSR count). The van der Waals surface area contributed by atoms with Gasteiger partial charge in [0.2, 0.25) is 6.08 Å². The van der Waals surface area contributed by atoms with Gasteiger partial charge in [0.05, 0.1) is 6.54 Å². The molecule has 0 aliphatic rings. The van der Waals surface area contributed by atoms with Crippen LogP contribution in [0, 0.1) is 0 Å². The molecule has 0 atom stereocenters. The number of hydrogen-bond donors (Lipinski definition) is 0. The molecule has 0 amide bonds. The number of aliphatic imine (C=N–C) groups is 1. The number of rotatable bonds is 3. The molecular weight excluding hydrogens is 181 g/mol. The normalized spacial score (nSPS) is 10.8. The molecule has 0 heterocycles. The maximum absolute atomic E-state index is 13.4. The van der Waals surface area contributed by atoms with E-state index in [-0.39, 0.29) is 0 Å². The van der Waals surface area contributed by atoms with Gasteiger partial charge in [-0.05, 0) is 25.0 Å². The second-order valence-electron chi connectivity index (χ2n) is 3.58. The molecule has 3 heteroatoms. The van der Waals surface area contributed by atoms with Crippen LogP contribution < -0.4 is 0 Å². The van der Waals surface area contributed by atoms with Gasteiger partial charge in [-0.3, -0.25) is 0 Å². The number of carbonyl (C=O) groups excluding carboxylic acids is 1. The first-order chi connectivity index (χ1) is 6.54. The molecule has 0 fully saturated rings. The van der Waals surface area contributed by atoms with E-state index in [1.54, 1.807) is 24.3 Å². The third kappa shape index (κ3) is 2.79. The fourth-order valence-corrected chi connectivity index (χ4v) is 1.13. The topological polar surface area (TPSA) is 29.4 Å². The summed E-state index contributed by atoms with van der Waals surface area (Å²) in [4.78, 5) is 13.3. The molecular formula is C11H12FNO. The highest BCUT2D eigenvalue weighted by Gasteiger charge is 2.17. The fraction of sp³-hybridized carbons (Fsp3) is 0.364. The first kappa shape index (κ1) is 10.6. The zero-order valence-corrected chi connectivity index (χ0v) is 8.25. The van der Waals surface area contributed by atoms with Gasteiger partial charge in [-0.25, -0.2) is 14.2 Å². The van der Waals surface area contributed by atoms with Crippen LogP contribution in [0.1, 0.15) is 25.0 Å². The van der Waals surface area contributed by atoms with Crippen LogP contribution >= 0.6 is 0 Å². The van der Waals surface area contributed by atoms with E-state index in [9.17, 15) is 9.18 Å². The predicted molar refractivity (Wildman–Crippen MR) is 52.4 cm³/mol. The zero-order chi connectivity index (χ0) is 10.6. The van der Waals surface area contributed by atoms with Crippen LogP contribution in [-0.2, 0) is 17.0 Å². The van der Waals surface area contributed by atoms with Gasteiger partial charge in [-0.1, -0.05) is 24.3 Å². The average Bonchev–Trinajstić information content (AvgIpc) is 2.14. The molecule has 14 heavy (non-hydrogen) atoms. The molecule has 0 spiro atoms. The molecule has 0 aromatic heterocycles. The Morgan fingerprint density at radius 1 is 1.36 bits per heavy atom. The minimum atomic E-state index is -1.33. The summed E-state index contributed by atoms with van der Waals surface area (Å²) in [7, 11) is 0. The number of alkyl halides is 1. The second kappa shape index (κ2) is 4.16. The standard InChI is InChI=1S/C11H12FNO/c1-11(2,12)10-5-3-9(4-6-10)7-13-8-14/h3-6H,7H2,1-2H3. The molecule has 0 N–H and O–H groups in total. The van der Waals surface area contributed by atoms with Crippen molar-refractivity contribution in [2.75, 3.05) is 0 Å². The summed E-state index contributed by atoms with van der Waals surface area (Å²) < 4.78 is 13.4. The number of halogens is 1. The maximum atomic E-state index is 13.4. The van der Waals surface area contributed by atoms with Crippen LogP contribution in [0.15, 0.2) is 29.3 Å². The molecule has 0 radical (unpaired) electrons. The Labute approximate surface area is 82.5 Å². The number of benzene rings is 1. The van der Waals surface area contributed by atoms with Crippen molar-refractivity contribution in [2.24, 2.45) is 4.99 Å². The summed E-state index contributed by atoms with van der Waals surface area (Å²) in [6.45, 7) is 3.31. The van der Waals surface area contributed by atoms with Crippen molar-refractivity contribution in [3.8, 4) is 0 Å². The van der Waals surface area contributed by atoms with Gasteiger partial charge in [0.1, 0.15) is 5.67 Å². The van der Waals surface area contributed by atoms with E-state index in [2.05, 4.69) is 4.99 Å². The molecule has 74 valence electrons.